The average Bonchev–Trinajstić information content (AvgIpc) is 2.58. The second kappa shape index (κ2) is 9.94. The highest BCUT2D eigenvalue weighted by Crippen LogP contribution is 2.40. The molecule has 1 spiro atoms. The van der Waals surface area contributed by atoms with Gasteiger partial charge in [-0.15, -0.1) is 0 Å². The molecule has 0 saturated carbocycles. The molecule has 3 nitrogen and oxygen atoms in total. The smallest absolute Gasteiger partial charge is 0.225 e. The fraction of sp³-hybridized carbons (Fsp3) is 0.955. The first kappa shape index (κ1) is 20.7. The highest BCUT2D eigenvalue weighted by Gasteiger charge is 2.45. The van der Waals surface area contributed by atoms with E-state index in [1.165, 1.54) is 64.6 Å². The summed E-state index contributed by atoms with van der Waals surface area (Å²) >= 11 is 0. The molecule has 146 valence electrons. The Hall–Kier alpha value is -0.570. The SMILES string of the molecule is CCCCC(C)CCCN1CC2(CCN(C(=O)C(C)CCC)CC2)C1. The van der Waals surface area contributed by atoms with E-state index in [9.17, 15) is 4.79 Å². The minimum atomic E-state index is 0.214. The molecular formula is C22H42N2O. The fourth-order valence-electron chi connectivity index (χ4n) is 4.81. The zero-order valence-electron chi connectivity index (χ0n) is 17.4. The van der Waals surface area contributed by atoms with Gasteiger partial charge in [0, 0.05) is 32.1 Å². The van der Waals surface area contributed by atoms with E-state index in [2.05, 4.69) is 37.5 Å². The zero-order chi connectivity index (χ0) is 18.3. The number of nitrogens with zero attached hydrogens (tertiary/aromatic N) is 2. The lowest BCUT2D eigenvalue weighted by Crippen LogP contribution is -2.61. The molecule has 0 aromatic rings. The minimum absolute atomic E-state index is 0.214. The Morgan fingerprint density at radius 1 is 0.960 bits per heavy atom. The van der Waals surface area contributed by atoms with Gasteiger partial charge in [-0.25, -0.2) is 0 Å². The maximum absolute atomic E-state index is 12.5. The van der Waals surface area contributed by atoms with Crippen LogP contribution in [0.25, 0.3) is 0 Å². The second-order valence-corrected chi connectivity index (χ2v) is 9.12. The molecule has 0 aliphatic carbocycles. The molecule has 2 aliphatic rings. The molecule has 2 aliphatic heterocycles. The molecule has 1 amide bonds. The van der Waals surface area contributed by atoms with Crippen molar-refractivity contribution in [2.45, 2.75) is 85.5 Å². The largest absolute Gasteiger partial charge is 0.342 e. The van der Waals surface area contributed by atoms with Crippen molar-refractivity contribution in [3.63, 3.8) is 0 Å². The van der Waals surface area contributed by atoms with Crippen molar-refractivity contribution >= 4 is 5.91 Å². The van der Waals surface area contributed by atoms with Gasteiger partial charge in [-0.1, -0.05) is 53.4 Å². The summed E-state index contributed by atoms with van der Waals surface area (Å²) in [6.45, 7) is 14.8. The van der Waals surface area contributed by atoms with Crippen LogP contribution in [0.2, 0.25) is 0 Å². The number of unbranched alkanes of at least 4 members (excludes halogenated alkanes) is 1. The van der Waals surface area contributed by atoms with Gasteiger partial charge in [-0.3, -0.25) is 4.79 Å². The van der Waals surface area contributed by atoms with Crippen LogP contribution in [0, 0.1) is 17.3 Å². The van der Waals surface area contributed by atoms with Gasteiger partial charge >= 0.3 is 0 Å². The van der Waals surface area contributed by atoms with Crippen LogP contribution >= 0.6 is 0 Å². The lowest BCUT2D eigenvalue weighted by Gasteiger charge is -2.54. The highest BCUT2D eigenvalue weighted by atomic mass is 16.2. The first-order chi connectivity index (χ1) is 12.0. The molecule has 2 unspecified atom stereocenters. The van der Waals surface area contributed by atoms with Crippen LogP contribution in [-0.4, -0.2) is 48.4 Å². The molecule has 2 fully saturated rings. The van der Waals surface area contributed by atoms with Crippen LogP contribution < -0.4 is 0 Å². The Morgan fingerprint density at radius 2 is 1.60 bits per heavy atom. The molecule has 0 N–H and O–H groups in total. The number of rotatable bonds is 10. The first-order valence-electron chi connectivity index (χ1n) is 11.0. The molecule has 25 heavy (non-hydrogen) atoms. The molecule has 0 bridgehead atoms. The monoisotopic (exact) mass is 350 g/mol. The normalized spacial score (nSPS) is 22.6. The predicted molar refractivity (Wildman–Crippen MR) is 107 cm³/mol. The molecule has 2 atom stereocenters. The Balaban J connectivity index is 1.60. The summed E-state index contributed by atoms with van der Waals surface area (Å²) in [5.74, 6) is 1.51. The summed E-state index contributed by atoms with van der Waals surface area (Å²) in [6.07, 6.45) is 11.5. The lowest BCUT2D eigenvalue weighted by molar-refractivity contribution is -0.140. The Morgan fingerprint density at radius 3 is 2.20 bits per heavy atom. The van der Waals surface area contributed by atoms with Gasteiger partial charge in [0.25, 0.3) is 0 Å². The van der Waals surface area contributed by atoms with Gasteiger partial charge in [-0.2, -0.15) is 0 Å². The lowest BCUT2D eigenvalue weighted by atomic mass is 9.71. The van der Waals surface area contributed by atoms with E-state index in [0.29, 0.717) is 11.3 Å². The van der Waals surface area contributed by atoms with Crippen molar-refractivity contribution in [1.29, 1.82) is 0 Å². The van der Waals surface area contributed by atoms with Gasteiger partial charge < -0.3 is 9.80 Å². The van der Waals surface area contributed by atoms with E-state index >= 15 is 0 Å². The quantitative estimate of drug-likeness (QED) is 0.556. The van der Waals surface area contributed by atoms with Crippen molar-refractivity contribution < 1.29 is 4.79 Å². The van der Waals surface area contributed by atoms with Gasteiger partial charge in [0.2, 0.25) is 5.91 Å². The third kappa shape index (κ3) is 5.98. The van der Waals surface area contributed by atoms with Gasteiger partial charge in [-0.05, 0) is 50.0 Å². The number of carbonyl (C=O) groups excluding carboxylic acids is 1. The van der Waals surface area contributed by atoms with Crippen molar-refractivity contribution in [2.24, 2.45) is 17.3 Å². The van der Waals surface area contributed by atoms with E-state index in [0.717, 1.165) is 31.8 Å². The molecule has 3 heteroatoms. The van der Waals surface area contributed by atoms with E-state index in [1.807, 2.05) is 0 Å². The fourth-order valence-corrected chi connectivity index (χ4v) is 4.81. The number of amides is 1. The van der Waals surface area contributed by atoms with Crippen molar-refractivity contribution in [3.05, 3.63) is 0 Å². The van der Waals surface area contributed by atoms with Crippen molar-refractivity contribution in [2.75, 3.05) is 32.7 Å². The molecule has 2 rings (SSSR count). The Bertz CT molecular complexity index is 393. The summed E-state index contributed by atoms with van der Waals surface area (Å²) in [4.78, 5) is 17.3. The number of carbonyl (C=O) groups is 1. The van der Waals surface area contributed by atoms with E-state index in [1.54, 1.807) is 0 Å². The Kier molecular flexibility index (Phi) is 8.25. The van der Waals surface area contributed by atoms with Crippen LogP contribution in [0.3, 0.4) is 0 Å². The summed E-state index contributed by atoms with van der Waals surface area (Å²) in [6, 6.07) is 0. The van der Waals surface area contributed by atoms with Crippen LogP contribution in [0.15, 0.2) is 0 Å². The molecule has 2 saturated heterocycles. The highest BCUT2D eigenvalue weighted by molar-refractivity contribution is 5.78. The van der Waals surface area contributed by atoms with E-state index in [4.69, 9.17) is 0 Å². The first-order valence-corrected chi connectivity index (χ1v) is 11.0. The number of hydrogen-bond donors (Lipinski definition) is 0. The summed E-state index contributed by atoms with van der Waals surface area (Å²) in [5.41, 5.74) is 0.540. The molecule has 0 aromatic carbocycles. The second-order valence-electron chi connectivity index (χ2n) is 9.12. The number of likely N-dealkylation sites (tertiary alicyclic amines) is 2. The van der Waals surface area contributed by atoms with E-state index < -0.39 is 0 Å². The van der Waals surface area contributed by atoms with Gasteiger partial charge in [0.15, 0.2) is 0 Å². The standard InChI is InChI=1S/C22H42N2O/c1-5-7-10-19(3)11-8-14-23-17-22(18-23)12-15-24(16-13-22)21(25)20(4)9-6-2/h19-20H,5-18H2,1-4H3. The maximum atomic E-state index is 12.5. The minimum Gasteiger partial charge on any atom is -0.342 e. The maximum Gasteiger partial charge on any atom is 0.225 e. The number of hydrogen-bond acceptors (Lipinski definition) is 2. The zero-order valence-corrected chi connectivity index (χ0v) is 17.4. The summed E-state index contributed by atoms with van der Waals surface area (Å²) in [7, 11) is 0. The molecule has 0 radical (unpaired) electrons. The third-order valence-corrected chi connectivity index (χ3v) is 6.62. The van der Waals surface area contributed by atoms with Crippen LogP contribution in [-0.2, 0) is 4.79 Å². The summed E-state index contributed by atoms with van der Waals surface area (Å²) in [5, 5.41) is 0. The summed E-state index contributed by atoms with van der Waals surface area (Å²) < 4.78 is 0. The van der Waals surface area contributed by atoms with Crippen LogP contribution in [0.5, 0.6) is 0 Å². The molecule has 2 heterocycles. The van der Waals surface area contributed by atoms with E-state index in [-0.39, 0.29) is 5.92 Å². The van der Waals surface area contributed by atoms with Gasteiger partial charge in [0.1, 0.15) is 0 Å². The van der Waals surface area contributed by atoms with Crippen LogP contribution in [0.1, 0.15) is 85.5 Å². The number of piperidine rings is 1. The van der Waals surface area contributed by atoms with Gasteiger partial charge in [0.05, 0.1) is 0 Å². The molecular weight excluding hydrogens is 308 g/mol. The third-order valence-electron chi connectivity index (χ3n) is 6.62. The van der Waals surface area contributed by atoms with Crippen molar-refractivity contribution in [3.8, 4) is 0 Å². The Labute approximate surface area is 156 Å². The topological polar surface area (TPSA) is 23.6 Å². The van der Waals surface area contributed by atoms with Crippen LogP contribution in [0.4, 0.5) is 0 Å². The predicted octanol–water partition coefficient (Wildman–Crippen LogP) is 4.95. The average molecular weight is 351 g/mol. The molecule has 0 aromatic heterocycles. The van der Waals surface area contributed by atoms with Crippen molar-refractivity contribution in [1.82, 2.24) is 9.80 Å².